The molecule has 28 bridgehead atoms. The molecule has 0 aromatic heterocycles. The molecular formula is C136H214O11. The third-order valence-electron chi connectivity index (χ3n) is 60.2. The van der Waals surface area contributed by atoms with E-state index in [1.807, 2.05) is 6.92 Å². The van der Waals surface area contributed by atoms with Gasteiger partial charge in [0.1, 0.15) is 11.7 Å². The molecule has 33 aliphatic carbocycles. The van der Waals surface area contributed by atoms with Gasteiger partial charge in [0.05, 0.1) is 50.4 Å². The summed E-state index contributed by atoms with van der Waals surface area (Å²) in [6.07, 6.45) is 60.3. The molecular weight excluding hydrogens is 1810 g/mol. The predicted octanol–water partition coefficient (Wildman–Crippen LogP) is 30.7. The number of esters is 5. The molecule has 33 aliphatic rings. The van der Waals surface area contributed by atoms with Crippen molar-refractivity contribution in [3.8, 4) is 0 Å². The van der Waals surface area contributed by atoms with Crippen LogP contribution in [0.25, 0.3) is 0 Å². The maximum Gasteiger partial charge on any atom is 0.309 e. The molecule has 60 atom stereocenters. The quantitative estimate of drug-likeness (QED) is 0.113. The first-order chi connectivity index (χ1) is 70.7. The zero-order valence-electron chi connectivity index (χ0n) is 96.7. The Morgan fingerprint density at radius 1 is 0.272 bits per heavy atom. The highest BCUT2D eigenvalue weighted by molar-refractivity contribution is 5.76. The summed E-state index contributed by atoms with van der Waals surface area (Å²) < 4.78 is 28.3. The Morgan fingerprint density at radius 3 is 1.00 bits per heavy atom. The zero-order valence-corrected chi connectivity index (χ0v) is 96.7. The van der Waals surface area contributed by atoms with Gasteiger partial charge in [0, 0.05) is 12.0 Å². The van der Waals surface area contributed by atoms with E-state index in [0.29, 0.717) is 66.0 Å². The first kappa shape index (κ1) is 105. The minimum absolute atomic E-state index is 0.0735. The number of hydrogen-bond donors (Lipinski definition) is 1. The third-order valence-corrected chi connectivity index (χ3v) is 60.2. The summed E-state index contributed by atoms with van der Waals surface area (Å²) >= 11 is 0. The van der Waals surface area contributed by atoms with Gasteiger partial charge in [-0.2, -0.15) is 0 Å². The Morgan fingerprint density at radius 2 is 0.619 bits per heavy atom. The van der Waals surface area contributed by atoms with Gasteiger partial charge in [-0.05, 0) is 549 Å². The lowest BCUT2D eigenvalue weighted by Gasteiger charge is -2.59. The van der Waals surface area contributed by atoms with Crippen molar-refractivity contribution in [1.29, 1.82) is 0 Å². The normalized spacial score (nSPS) is 57.9. The van der Waals surface area contributed by atoms with Gasteiger partial charge in [0.25, 0.3) is 0 Å². The molecule has 0 heterocycles. The smallest absolute Gasteiger partial charge is 0.309 e. The zero-order chi connectivity index (χ0) is 102. The second-order valence-corrected chi connectivity index (χ2v) is 63.1. The number of carbonyl (C=O) groups excluding carboxylic acids is 5. The van der Waals surface area contributed by atoms with Gasteiger partial charge < -0.3 is 28.8 Å². The van der Waals surface area contributed by atoms with E-state index in [0.717, 1.165) is 305 Å². The van der Waals surface area contributed by atoms with E-state index in [1.54, 1.807) is 72.0 Å². The fourth-order valence-electron chi connectivity index (χ4n) is 53.2. The predicted molar refractivity (Wildman–Crippen MR) is 583 cm³/mol. The van der Waals surface area contributed by atoms with Gasteiger partial charge in [0.2, 0.25) is 0 Å². The fourth-order valence-corrected chi connectivity index (χ4v) is 53.2. The van der Waals surface area contributed by atoms with Crippen molar-refractivity contribution in [1.82, 2.24) is 0 Å². The van der Waals surface area contributed by atoms with Crippen LogP contribution in [0.5, 0.6) is 0 Å². The van der Waals surface area contributed by atoms with Crippen LogP contribution in [0.4, 0.5) is 0 Å². The average molecular weight is 2030 g/mol. The summed E-state index contributed by atoms with van der Waals surface area (Å²) in [7, 11) is 3.11. The van der Waals surface area contributed by atoms with Gasteiger partial charge in [-0.25, -0.2) is 0 Å². The number of ether oxygens (including phenoxy) is 5. The van der Waals surface area contributed by atoms with Gasteiger partial charge in [-0.1, -0.05) is 194 Å². The Balaban J connectivity index is 0.0000000891. The lowest BCUT2D eigenvalue weighted by Crippen LogP contribution is -2.58. The van der Waals surface area contributed by atoms with Crippen LogP contribution in [-0.4, -0.2) is 74.1 Å². The molecule has 33 saturated carbocycles. The van der Waals surface area contributed by atoms with Crippen molar-refractivity contribution < 1.29 is 52.8 Å². The molecule has 0 aromatic carbocycles. The maximum absolute atomic E-state index is 13.6. The molecule has 33 fully saturated rings. The fraction of sp³-hybridized carbons (Fsp3) is 0.963. The van der Waals surface area contributed by atoms with Crippen molar-refractivity contribution in [2.75, 3.05) is 27.4 Å². The van der Waals surface area contributed by atoms with Gasteiger partial charge in [-0.3, -0.25) is 24.0 Å². The van der Waals surface area contributed by atoms with Crippen molar-refractivity contribution in [3.63, 3.8) is 0 Å². The van der Waals surface area contributed by atoms with E-state index in [9.17, 15) is 29.1 Å². The highest BCUT2D eigenvalue weighted by Crippen LogP contribution is 2.79. The Kier molecular flexibility index (Phi) is 28.5. The SMILES string of the molecule is CC1C(C)C2CC1C1C3CC(C(=O)OC4(C)C5CC6CC(C5)CC4C6)C(C3)C21.CC1C(C)C2CC1C1C3CC(C(=O)OC4CC5CCC4(C)C5(C)C)C(C3)C21.CCC1CCCC2C3CCC(C3)C12.CCC1CCCC2CC(CO)CC12.CCC1CCCC2CCCC12.CCOC(=O)C1CC2CC1C1C3CC(C(C)C3C)C21.COC(=O)C1CC2CC1C1C3CC(C(C)C3C)C21.COC(=O)C1CC2CC1C1C3CC(C(C)C3C)C21. The Hall–Kier alpha value is -2.69. The lowest BCUT2D eigenvalue weighted by atomic mass is 9.50. The second kappa shape index (κ2) is 40.0. The van der Waals surface area contributed by atoms with E-state index >= 15 is 0 Å². The molecule has 11 heteroatoms. The molecule has 0 saturated heterocycles. The molecule has 0 spiro atoms. The van der Waals surface area contributed by atoms with Crippen LogP contribution in [-0.2, 0) is 47.7 Å². The van der Waals surface area contributed by atoms with E-state index in [4.69, 9.17) is 23.7 Å². The molecule has 11 nitrogen and oxygen atoms in total. The molecule has 1 N–H and O–H groups in total. The van der Waals surface area contributed by atoms with Crippen molar-refractivity contribution in [2.24, 2.45) is 378 Å². The first-order valence-corrected chi connectivity index (χ1v) is 66.1. The molecule has 0 radical (unpaired) electrons. The minimum atomic E-state index is -0.137. The van der Waals surface area contributed by atoms with Crippen LogP contribution in [0.2, 0.25) is 0 Å². The van der Waals surface area contributed by atoms with E-state index < -0.39 is 0 Å². The van der Waals surface area contributed by atoms with Crippen LogP contribution in [0.1, 0.15) is 401 Å². The lowest BCUT2D eigenvalue weighted by molar-refractivity contribution is -0.209. The van der Waals surface area contributed by atoms with Crippen LogP contribution < -0.4 is 0 Å². The van der Waals surface area contributed by atoms with Crippen LogP contribution in [0.15, 0.2) is 0 Å². The van der Waals surface area contributed by atoms with Gasteiger partial charge in [0.15, 0.2) is 0 Å². The molecule has 0 aromatic rings. The minimum Gasteiger partial charge on any atom is -0.469 e. The van der Waals surface area contributed by atoms with Crippen molar-refractivity contribution in [3.05, 3.63) is 0 Å². The molecule has 147 heavy (non-hydrogen) atoms. The largest absolute Gasteiger partial charge is 0.469 e. The number of fused-ring (bicyclic) bond motifs is 54. The van der Waals surface area contributed by atoms with Crippen LogP contribution in [0, 0.1) is 378 Å². The number of methoxy groups -OCH3 is 2. The maximum atomic E-state index is 13.6. The summed E-state index contributed by atoms with van der Waals surface area (Å²) in [5, 5.41) is 9.17. The summed E-state index contributed by atoms with van der Waals surface area (Å²) in [5.41, 5.74) is 0.389. The van der Waals surface area contributed by atoms with Crippen LogP contribution in [0.3, 0.4) is 0 Å². The number of hydrogen-bond acceptors (Lipinski definition) is 11. The van der Waals surface area contributed by atoms with E-state index in [2.05, 4.69) is 118 Å². The highest BCUT2D eigenvalue weighted by Gasteiger charge is 2.75. The number of aliphatic hydroxyl groups is 1. The molecule has 33 rings (SSSR count). The molecule has 60 unspecified atom stereocenters. The summed E-state index contributed by atoms with van der Waals surface area (Å²) in [6, 6.07) is 0. The van der Waals surface area contributed by atoms with Crippen LogP contribution >= 0.6 is 0 Å². The summed E-state index contributed by atoms with van der Waals surface area (Å²) in [4.78, 5) is 62.9. The van der Waals surface area contributed by atoms with E-state index in [1.165, 1.54) is 203 Å². The van der Waals surface area contributed by atoms with Crippen molar-refractivity contribution >= 4 is 29.8 Å². The number of aliphatic hydroxyl groups excluding tert-OH is 1. The number of carbonyl (C=O) groups is 5. The Bertz CT molecular complexity index is 4610. The summed E-state index contributed by atoms with van der Waals surface area (Å²) in [5.74, 6) is 53.6. The highest BCUT2D eigenvalue weighted by atomic mass is 16.6. The molecule has 824 valence electrons. The molecule has 0 amide bonds. The second-order valence-electron chi connectivity index (χ2n) is 63.1. The van der Waals surface area contributed by atoms with E-state index in [-0.39, 0.29) is 76.6 Å². The summed E-state index contributed by atoms with van der Waals surface area (Å²) in [6.45, 7) is 44.3. The van der Waals surface area contributed by atoms with Crippen molar-refractivity contribution in [2.45, 2.75) is 412 Å². The standard InChI is InChI=1S/C26H38O2.C25H38O2.C17H26O2.2C16H24O2.C13H22.C12H22O.C11H20/c1-12-13(2)20-11-19(12)23-16-9-21(24(20)23)22(10-16)25(27)28-26(3)17-5-14-4-15(7-17)8-18(26)6-14;1-12-13(2)17-11-16(12)21-14-8-18(22(17)21)19(9-14)23(26)27-20-10-15-6-7-25(20,5)24(15,3)4;1-4-19-17(18)14-6-10-5-13(14)16-12-7-11(15(10)16)8(2)9(12)3;2*1-7-8(2)11-6-10(7)14-9-4-12(15(11)14)13(5-9)16(17)18-3;1-2-9-4-3-5-12-10-6-7-11(8-10)13(9)12;1-2-10-4-3-5-11-6-9(8-13)7-12(10)11;1-2-9-5-3-6-10-7-4-8-11(9)10/h12-24H,4-11H2,1-3H3;12-22H,6-11H2,1-5H3;8-16H,4-7H2,1-3H3;2*7-15H,4-6H2,1-3H3;2*9-13H,2-8H2,1H3;9-11H,2-8H2,1H3. The van der Waals surface area contributed by atoms with Gasteiger partial charge >= 0.3 is 29.8 Å². The monoisotopic (exact) mass is 2020 g/mol. The Labute approximate surface area is 894 Å². The first-order valence-electron chi connectivity index (χ1n) is 66.1. The third kappa shape index (κ3) is 16.4. The molecule has 0 aliphatic heterocycles. The average Bonchev–Trinajstić information content (AvgIpc) is 1.54. The topological polar surface area (TPSA) is 152 Å². The van der Waals surface area contributed by atoms with Gasteiger partial charge in [-0.15, -0.1) is 0 Å². The number of rotatable bonds is 12.